The molecule has 2 aromatic rings. The van der Waals surface area contributed by atoms with Crippen LogP contribution < -0.4 is 0 Å². The zero-order valence-electron chi connectivity index (χ0n) is 10.1. The summed E-state index contributed by atoms with van der Waals surface area (Å²) in [5.41, 5.74) is 0.457. The standard InChI is InChI=1S/C12H11N3O3S/c1-14-7-11(6-13-14)19-8-12(16)9-2-4-10(5-3-9)15(17)18/h2-7H,8H2,1H3. The van der Waals surface area contributed by atoms with Gasteiger partial charge in [-0.15, -0.1) is 11.8 Å². The molecule has 7 heteroatoms. The maximum absolute atomic E-state index is 11.9. The summed E-state index contributed by atoms with van der Waals surface area (Å²) in [4.78, 5) is 22.8. The van der Waals surface area contributed by atoms with Gasteiger partial charge < -0.3 is 0 Å². The Kier molecular flexibility index (Phi) is 3.96. The smallest absolute Gasteiger partial charge is 0.269 e. The van der Waals surface area contributed by atoms with E-state index in [4.69, 9.17) is 0 Å². The molecule has 1 aromatic heterocycles. The van der Waals surface area contributed by atoms with Crippen molar-refractivity contribution in [3.8, 4) is 0 Å². The lowest BCUT2D eigenvalue weighted by atomic mass is 10.1. The summed E-state index contributed by atoms with van der Waals surface area (Å²) in [5.74, 6) is 0.215. The number of aromatic nitrogens is 2. The summed E-state index contributed by atoms with van der Waals surface area (Å²) in [6.07, 6.45) is 3.52. The molecule has 1 heterocycles. The van der Waals surface area contributed by atoms with Crippen molar-refractivity contribution in [3.05, 3.63) is 52.3 Å². The van der Waals surface area contributed by atoms with Crippen molar-refractivity contribution < 1.29 is 9.72 Å². The van der Waals surface area contributed by atoms with E-state index in [2.05, 4.69) is 5.10 Å². The number of rotatable bonds is 5. The lowest BCUT2D eigenvalue weighted by Gasteiger charge is -1.99. The molecule has 0 atom stereocenters. The highest BCUT2D eigenvalue weighted by Crippen LogP contribution is 2.19. The van der Waals surface area contributed by atoms with Crippen LogP contribution in [0.4, 0.5) is 5.69 Å². The number of non-ortho nitro benzene ring substituents is 1. The molecule has 0 radical (unpaired) electrons. The van der Waals surface area contributed by atoms with Crippen molar-refractivity contribution in [2.75, 3.05) is 5.75 Å². The van der Waals surface area contributed by atoms with E-state index in [1.54, 1.807) is 10.9 Å². The molecule has 1 aromatic carbocycles. The number of carbonyl (C=O) groups excluding carboxylic acids is 1. The van der Waals surface area contributed by atoms with E-state index in [0.717, 1.165) is 4.90 Å². The first-order valence-electron chi connectivity index (χ1n) is 5.45. The molecule has 0 spiro atoms. The van der Waals surface area contributed by atoms with Gasteiger partial charge in [0.25, 0.3) is 5.69 Å². The number of carbonyl (C=O) groups is 1. The number of nitro groups is 1. The van der Waals surface area contributed by atoms with Gasteiger partial charge in [-0.25, -0.2) is 0 Å². The second-order valence-electron chi connectivity index (χ2n) is 3.87. The van der Waals surface area contributed by atoms with Gasteiger partial charge in [-0.3, -0.25) is 19.6 Å². The predicted octanol–water partition coefficient (Wildman–Crippen LogP) is 2.30. The fourth-order valence-electron chi connectivity index (χ4n) is 1.47. The molecular formula is C12H11N3O3S. The minimum atomic E-state index is -0.487. The van der Waals surface area contributed by atoms with Crippen molar-refractivity contribution in [1.29, 1.82) is 0 Å². The van der Waals surface area contributed by atoms with Gasteiger partial charge in [0.15, 0.2) is 5.78 Å². The molecule has 0 unspecified atom stereocenters. The van der Waals surface area contributed by atoms with Crippen molar-refractivity contribution in [2.24, 2.45) is 7.05 Å². The summed E-state index contributed by atoms with van der Waals surface area (Å²) in [5, 5.41) is 14.5. The Morgan fingerprint density at radius 3 is 2.63 bits per heavy atom. The molecule has 0 aliphatic carbocycles. The molecule has 0 amide bonds. The molecule has 0 aliphatic rings. The quantitative estimate of drug-likeness (QED) is 0.362. The Labute approximate surface area is 113 Å². The highest BCUT2D eigenvalue weighted by atomic mass is 32.2. The topological polar surface area (TPSA) is 78.0 Å². The number of benzene rings is 1. The van der Waals surface area contributed by atoms with Crippen LogP contribution in [0.25, 0.3) is 0 Å². The molecule has 0 aliphatic heterocycles. The molecule has 2 rings (SSSR count). The van der Waals surface area contributed by atoms with Gasteiger partial charge in [-0.1, -0.05) is 0 Å². The van der Waals surface area contributed by atoms with Crippen LogP contribution in [0.15, 0.2) is 41.6 Å². The average Bonchev–Trinajstić information content (AvgIpc) is 2.82. The minimum absolute atomic E-state index is 0.0172. The van der Waals surface area contributed by atoms with Crippen LogP contribution in [0.1, 0.15) is 10.4 Å². The molecule has 0 bridgehead atoms. The molecule has 6 nitrogen and oxygen atoms in total. The van der Waals surface area contributed by atoms with Gasteiger partial charge in [-0.2, -0.15) is 5.10 Å². The molecule has 19 heavy (non-hydrogen) atoms. The lowest BCUT2D eigenvalue weighted by molar-refractivity contribution is -0.384. The van der Waals surface area contributed by atoms with Crippen molar-refractivity contribution in [1.82, 2.24) is 9.78 Å². The summed E-state index contributed by atoms with van der Waals surface area (Å²) >= 11 is 1.39. The number of hydrogen-bond donors (Lipinski definition) is 0. The van der Waals surface area contributed by atoms with Crippen molar-refractivity contribution in [2.45, 2.75) is 4.90 Å². The minimum Gasteiger partial charge on any atom is -0.293 e. The maximum Gasteiger partial charge on any atom is 0.269 e. The van der Waals surface area contributed by atoms with E-state index >= 15 is 0 Å². The van der Waals surface area contributed by atoms with Crippen LogP contribution in [0, 0.1) is 10.1 Å². The van der Waals surface area contributed by atoms with Gasteiger partial charge in [0.2, 0.25) is 0 Å². The number of aryl methyl sites for hydroxylation is 1. The third-order valence-corrected chi connectivity index (χ3v) is 3.40. The van der Waals surface area contributed by atoms with E-state index in [0.29, 0.717) is 5.56 Å². The first kappa shape index (κ1) is 13.3. The van der Waals surface area contributed by atoms with E-state index in [1.807, 2.05) is 13.2 Å². The van der Waals surface area contributed by atoms with Crippen LogP contribution in [-0.2, 0) is 7.05 Å². The van der Waals surface area contributed by atoms with Crippen LogP contribution in [-0.4, -0.2) is 26.2 Å². The van der Waals surface area contributed by atoms with E-state index in [9.17, 15) is 14.9 Å². The molecular weight excluding hydrogens is 266 g/mol. The van der Waals surface area contributed by atoms with Gasteiger partial charge >= 0.3 is 0 Å². The number of nitrogens with zero attached hydrogens (tertiary/aromatic N) is 3. The number of hydrogen-bond acceptors (Lipinski definition) is 5. The number of ketones is 1. The van der Waals surface area contributed by atoms with Gasteiger partial charge in [0.05, 0.1) is 16.9 Å². The first-order chi connectivity index (χ1) is 9.06. The summed E-state index contributed by atoms with van der Waals surface area (Å²) in [6, 6.07) is 5.62. The predicted molar refractivity (Wildman–Crippen MR) is 71.4 cm³/mol. The van der Waals surface area contributed by atoms with Crippen molar-refractivity contribution >= 4 is 23.2 Å². The lowest BCUT2D eigenvalue weighted by Crippen LogP contribution is -2.02. The van der Waals surface area contributed by atoms with Crippen molar-refractivity contribution in [3.63, 3.8) is 0 Å². The van der Waals surface area contributed by atoms with E-state index in [1.165, 1.54) is 36.0 Å². The summed E-state index contributed by atoms with van der Waals surface area (Å²) in [7, 11) is 1.81. The van der Waals surface area contributed by atoms with E-state index in [-0.39, 0.29) is 17.2 Å². The largest absolute Gasteiger partial charge is 0.293 e. The molecule has 0 fully saturated rings. The molecule has 0 saturated heterocycles. The number of nitro benzene ring substituents is 1. The third-order valence-electron chi connectivity index (χ3n) is 2.45. The SMILES string of the molecule is Cn1cc(SCC(=O)c2ccc([N+](=O)[O-])cc2)cn1. The number of Topliss-reactive ketones (excluding diaryl/α,β-unsaturated/α-hetero) is 1. The summed E-state index contributed by atoms with van der Waals surface area (Å²) in [6.45, 7) is 0. The Bertz CT molecular complexity index is 607. The van der Waals surface area contributed by atoms with Gasteiger partial charge in [0, 0.05) is 35.8 Å². The molecule has 0 N–H and O–H groups in total. The van der Waals surface area contributed by atoms with Gasteiger partial charge in [-0.05, 0) is 12.1 Å². The average molecular weight is 277 g/mol. The second-order valence-corrected chi connectivity index (χ2v) is 4.91. The zero-order valence-corrected chi connectivity index (χ0v) is 11.0. The third kappa shape index (κ3) is 3.41. The Hall–Kier alpha value is -2.15. The molecule has 98 valence electrons. The number of thioether (sulfide) groups is 1. The van der Waals surface area contributed by atoms with Crippen LogP contribution in [0.2, 0.25) is 0 Å². The van der Waals surface area contributed by atoms with E-state index < -0.39 is 4.92 Å². The van der Waals surface area contributed by atoms with Crippen LogP contribution in [0.3, 0.4) is 0 Å². The maximum atomic E-state index is 11.9. The molecule has 0 saturated carbocycles. The normalized spacial score (nSPS) is 10.4. The fraction of sp³-hybridized carbons (Fsp3) is 0.167. The van der Waals surface area contributed by atoms with Crippen LogP contribution >= 0.6 is 11.8 Å². The second kappa shape index (κ2) is 5.66. The zero-order chi connectivity index (χ0) is 13.8. The monoisotopic (exact) mass is 277 g/mol. The van der Waals surface area contributed by atoms with Crippen LogP contribution in [0.5, 0.6) is 0 Å². The Morgan fingerprint density at radius 1 is 1.42 bits per heavy atom. The summed E-state index contributed by atoms with van der Waals surface area (Å²) < 4.78 is 1.67. The Balaban J connectivity index is 1.98. The first-order valence-corrected chi connectivity index (χ1v) is 6.44. The fourth-order valence-corrected chi connectivity index (χ4v) is 2.29. The Morgan fingerprint density at radius 2 is 2.11 bits per heavy atom. The van der Waals surface area contributed by atoms with Gasteiger partial charge in [0.1, 0.15) is 0 Å². The highest BCUT2D eigenvalue weighted by molar-refractivity contribution is 8.00. The highest BCUT2D eigenvalue weighted by Gasteiger charge is 2.10.